The van der Waals surface area contributed by atoms with Crippen LogP contribution in [-0.4, -0.2) is 78.9 Å². The first-order valence-electron chi connectivity index (χ1n) is 6.54. The molecule has 0 rings (SSSR count). The van der Waals surface area contributed by atoms with E-state index in [1.54, 1.807) is 0 Å². The van der Waals surface area contributed by atoms with Crippen LogP contribution < -0.4 is 0 Å². The minimum Gasteiger partial charge on any atom is -0.478 e. The third-order valence-corrected chi connectivity index (χ3v) is 1.52. The number of hydrogen-bond donors (Lipinski definition) is 7. The van der Waals surface area contributed by atoms with Gasteiger partial charge in [-0.25, -0.2) is 19.2 Å². The molecule has 0 radical (unpaired) electrons. The zero-order chi connectivity index (χ0) is 21.9. The van der Waals surface area contributed by atoms with Crippen LogP contribution in [0.5, 0.6) is 0 Å². The van der Waals surface area contributed by atoms with Gasteiger partial charge in [-0.3, -0.25) is 0 Å². The number of aliphatic carboxylic acids is 4. The zero-order valence-electron chi connectivity index (χ0n) is 14.3. The second kappa shape index (κ2) is 20.0. The highest BCUT2D eigenvalue weighted by atomic mass is 16.4. The lowest BCUT2D eigenvalue weighted by Gasteiger charge is -1.96. The molecule has 0 atom stereocenters. The van der Waals surface area contributed by atoms with Gasteiger partial charge in [0, 0.05) is 23.3 Å². The normalized spacial score (nSPS) is 8.69. The van der Waals surface area contributed by atoms with Gasteiger partial charge in [0.25, 0.3) is 0 Å². The summed E-state index contributed by atoms with van der Waals surface area (Å²) in [6.45, 7) is 8.47. The van der Waals surface area contributed by atoms with Gasteiger partial charge in [-0.15, -0.1) is 0 Å². The Morgan fingerprint density at radius 2 is 0.962 bits per heavy atom. The molecular formula is C15H24O11. The van der Waals surface area contributed by atoms with E-state index in [1.165, 1.54) is 13.8 Å². The first kappa shape index (κ1) is 30.8. The molecule has 0 spiro atoms. The van der Waals surface area contributed by atoms with E-state index in [0.29, 0.717) is 12.2 Å². The average molecular weight is 380 g/mol. The molecule has 0 bridgehead atoms. The highest BCUT2D eigenvalue weighted by Crippen LogP contribution is 1.81. The minimum atomic E-state index is -1.26. The standard InChI is InChI=1S/C4H4O4.2C4H6O2.C3H8O3/c5-3(6)1-2-4(7)8;2*1-3(2)4(5)6;4-1-3(6)2-5/h1-2H,(H,5,6)(H,7,8);2*1H2,2H3,(H,5,6);3-6H,1-2H2/b2-1-;;;. The smallest absolute Gasteiger partial charge is 0.330 e. The molecule has 0 amide bonds. The molecule has 0 aliphatic heterocycles. The summed E-state index contributed by atoms with van der Waals surface area (Å²) in [6, 6.07) is 0. The van der Waals surface area contributed by atoms with Gasteiger partial charge in [-0.1, -0.05) is 13.2 Å². The molecule has 0 aromatic rings. The third kappa shape index (κ3) is 42.9. The fourth-order valence-electron chi connectivity index (χ4n) is 0.200. The van der Waals surface area contributed by atoms with Crippen LogP contribution in [-0.2, 0) is 19.2 Å². The van der Waals surface area contributed by atoms with Crippen molar-refractivity contribution < 1.29 is 54.9 Å². The zero-order valence-corrected chi connectivity index (χ0v) is 14.3. The van der Waals surface area contributed by atoms with Crippen LogP contribution in [0.15, 0.2) is 36.5 Å². The molecule has 0 heterocycles. The van der Waals surface area contributed by atoms with Crippen LogP contribution in [0.25, 0.3) is 0 Å². The van der Waals surface area contributed by atoms with Crippen molar-refractivity contribution in [2.75, 3.05) is 13.2 Å². The molecule has 26 heavy (non-hydrogen) atoms. The predicted octanol–water partition coefficient (Wildman–Crippen LogP) is -0.662. The van der Waals surface area contributed by atoms with E-state index < -0.39 is 30.0 Å². The van der Waals surface area contributed by atoms with E-state index in [9.17, 15) is 19.2 Å². The molecular weight excluding hydrogens is 356 g/mol. The molecule has 0 aromatic heterocycles. The van der Waals surface area contributed by atoms with Crippen LogP contribution in [0.3, 0.4) is 0 Å². The number of hydrogen-bond acceptors (Lipinski definition) is 7. The van der Waals surface area contributed by atoms with E-state index in [1.807, 2.05) is 0 Å². The van der Waals surface area contributed by atoms with Crippen molar-refractivity contribution in [3.8, 4) is 0 Å². The maximum Gasteiger partial charge on any atom is 0.330 e. The first-order chi connectivity index (χ1) is 11.7. The SMILES string of the molecule is C=C(C)C(=O)O.C=C(C)C(=O)O.O=C(O)/C=C\C(=O)O.OCC(O)CO. The van der Waals surface area contributed by atoms with Gasteiger partial charge in [-0.2, -0.15) is 0 Å². The second-order valence-corrected chi connectivity index (χ2v) is 4.20. The molecule has 0 aliphatic carbocycles. The highest BCUT2D eigenvalue weighted by Gasteiger charge is 1.94. The molecule has 0 fully saturated rings. The number of aliphatic hydroxyl groups is 3. The van der Waals surface area contributed by atoms with Crippen molar-refractivity contribution in [1.82, 2.24) is 0 Å². The van der Waals surface area contributed by atoms with Crippen LogP contribution in [0.2, 0.25) is 0 Å². The van der Waals surface area contributed by atoms with Crippen LogP contribution in [0, 0.1) is 0 Å². The topological polar surface area (TPSA) is 210 Å². The Bertz CT molecular complexity index is 438. The van der Waals surface area contributed by atoms with Crippen molar-refractivity contribution in [2.45, 2.75) is 20.0 Å². The first-order valence-corrected chi connectivity index (χ1v) is 6.54. The molecule has 11 heteroatoms. The minimum absolute atomic E-state index is 0.176. The van der Waals surface area contributed by atoms with Gasteiger partial charge < -0.3 is 35.7 Å². The summed E-state index contributed by atoms with van der Waals surface area (Å²) in [7, 11) is 0. The van der Waals surface area contributed by atoms with Crippen molar-refractivity contribution in [3.63, 3.8) is 0 Å². The quantitative estimate of drug-likeness (QED) is 0.287. The van der Waals surface area contributed by atoms with E-state index in [4.69, 9.17) is 35.7 Å². The van der Waals surface area contributed by atoms with Gasteiger partial charge in [0.2, 0.25) is 0 Å². The molecule has 0 saturated heterocycles. The lowest BCUT2D eigenvalue weighted by molar-refractivity contribution is -0.134. The summed E-state index contributed by atoms with van der Waals surface area (Å²) in [5.74, 6) is -4.38. The predicted molar refractivity (Wildman–Crippen MR) is 89.5 cm³/mol. The highest BCUT2D eigenvalue weighted by molar-refractivity contribution is 5.89. The van der Waals surface area contributed by atoms with Crippen LogP contribution >= 0.6 is 0 Å². The Morgan fingerprint density at radius 1 is 0.769 bits per heavy atom. The van der Waals surface area contributed by atoms with E-state index in [0.717, 1.165) is 0 Å². The molecule has 0 aromatic carbocycles. The average Bonchev–Trinajstić information content (AvgIpc) is 2.53. The fourth-order valence-corrected chi connectivity index (χ4v) is 0.200. The van der Waals surface area contributed by atoms with Gasteiger partial charge in [0.15, 0.2) is 0 Å². The van der Waals surface area contributed by atoms with Crippen molar-refractivity contribution in [3.05, 3.63) is 36.5 Å². The molecule has 0 unspecified atom stereocenters. The van der Waals surface area contributed by atoms with E-state index in [-0.39, 0.29) is 24.4 Å². The maximum atomic E-state index is 9.60. The summed E-state index contributed by atoms with van der Waals surface area (Å²) in [4.78, 5) is 38.3. The molecule has 0 saturated carbocycles. The summed E-state index contributed by atoms with van der Waals surface area (Å²) in [5.41, 5.74) is 0.352. The number of rotatable bonds is 6. The lowest BCUT2D eigenvalue weighted by Crippen LogP contribution is -2.15. The largest absolute Gasteiger partial charge is 0.478 e. The Kier molecular flexibility index (Phi) is 23.7. The number of aliphatic hydroxyl groups excluding tert-OH is 3. The summed E-state index contributed by atoms with van der Waals surface area (Å²) < 4.78 is 0. The summed E-state index contributed by atoms with van der Waals surface area (Å²) >= 11 is 0. The Hall–Kier alpha value is -3.02. The Balaban J connectivity index is -0.000000125. The number of carboxylic acid groups (broad SMARTS) is 4. The van der Waals surface area contributed by atoms with E-state index >= 15 is 0 Å². The maximum absolute atomic E-state index is 9.60. The second-order valence-electron chi connectivity index (χ2n) is 4.20. The molecule has 11 nitrogen and oxygen atoms in total. The van der Waals surface area contributed by atoms with Gasteiger partial charge in [-0.05, 0) is 13.8 Å². The monoisotopic (exact) mass is 380 g/mol. The van der Waals surface area contributed by atoms with Crippen LogP contribution in [0.4, 0.5) is 0 Å². The number of carboxylic acids is 4. The van der Waals surface area contributed by atoms with Gasteiger partial charge in [0.05, 0.1) is 13.2 Å². The van der Waals surface area contributed by atoms with Gasteiger partial charge in [0.1, 0.15) is 6.10 Å². The van der Waals surface area contributed by atoms with Crippen LogP contribution in [0.1, 0.15) is 13.8 Å². The third-order valence-electron chi connectivity index (χ3n) is 1.52. The lowest BCUT2D eigenvalue weighted by atomic mass is 10.4. The van der Waals surface area contributed by atoms with E-state index in [2.05, 4.69) is 13.2 Å². The molecule has 0 aliphatic rings. The fraction of sp³-hybridized carbons (Fsp3) is 0.333. The van der Waals surface area contributed by atoms with Gasteiger partial charge >= 0.3 is 23.9 Å². The van der Waals surface area contributed by atoms with Crippen molar-refractivity contribution >= 4 is 23.9 Å². The molecule has 150 valence electrons. The Labute approximate surface area is 149 Å². The summed E-state index contributed by atoms with van der Waals surface area (Å²) in [5, 5.41) is 55.4. The Morgan fingerprint density at radius 3 is 1.00 bits per heavy atom. The van der Waals surface area contributed by atoms with Crippen molar-refractivity contribution in [2.24, 2.45) is 0 Å². The van der Waals surface area contributed by atoms with Crippen molar-refractivity contribution in [1.29, 1.82) is 0 Å². The number of carbonyl (C=O) groups is 4. The molecule has 7 N–H and O–H groups in total. The summed E-state index contributed by atoms with van der Waals surface area (Å²) in [6.07, 6.45) is 0.162.